The molecular weight excluding hydrogens is 534 g/mol. The molecule has 4 atom stereocenters. The average molecular weight is 572 g/mol. The lowest BCUT2D eigenvalue weighted by molar-refractivity contribution is -0.150. The highest BCUT2D eigenvalue weighted by molar-refractivity contribution is 7.92. The summed E-state index contributed by atoms with van der Waals surface area (Å²) in [6.07, 6.45) is -1.28. The Hall–Kier alpha value is -3.33. The molecule has 214 valence electrons. The Morgan fingerprint density at radius 3 is 1.59 bits per heavy atom. The van der Waals surface area contributed by atoms with Crippen LogP contribution in [-0.4, -0.2) is 57.0 Å². The van der Waals surface area contributed by atoms with Crippen molar-refractivity contribution in [3.8, 4) is 0 Å². The fraction of sp³-hybridized carbons (Fsp3) is 0.294. The summed E-state index contributed by atoms with van der Waals surface area (Å²) in [5.74, 6) is 0. The Bertz CT molecular complexity index is 1440. The molecule has 41 heavy (non-hydrogen) atoms. The van der Waals surface area contributed by atoms with Gasteiger partial charge in [-0.25, -0.2) is 8.42 Å². The second-order valence-electron chi connectivity index (χ2n) is 10.4. The van der Waals surface area contributed by atoms with Gasteiger partial charge in [-0.05, 0) is 35.9 Å². The molecule has 0 aromatic heterocycles. The molecule has 0 aliphatic carbocycles. The summed E-state index contributed by atoms with van der Waals surface area (Å²) in [7, 11) is -1.80. The van der Waals surface area contributed by atoms with Gasteiger partial charge in [0.2, 0.25) is 0 Å². The Labute approximate surface area is 243 Å². The average Bonchev–Trinajstić information content (AvgIpc) is 3.02. The molecule has 5 rings (SSSR count). The van der Waals surface area contributed by atoms with Gasteiger partial charge < -0.3 is 14.2 Å². The van der Waals surface area contributed by atoms with E-state index in [2.05, 4.69) is 0 Å². The number of ether oxygens (including phenoxy) is 3. The van der Waals surface area contributed by atoms with E-state index in [-0.39, 0.29) is 17.5 Å². The van der Waals surface area contributed by atoms with Crippen molar-refractivity contribution in [2.24, 2.45) is 0 Å². The first kappa shape index (κ1) is 29.2. The SMILES string of the molecule is CN1C[C@@H](S(=O)(=O)c2ccccc2)[C@H](OCc2ccccc2)[C@H](OCc2ccccc2)[C@@H]1COCc1ccccc1. The molecule has 1 fully saturated rings. The van der Waals surface area contributed by atoms with Crippen molar-refractivity contribution in [3.05, 3.63) is 138 Å². The Balaban J connectivity index is 1.46. The van der Waals surface area contributed by atoms with Gasteiger partial charge in [0.25, 0.3) is 0 Å². The fourth-order valence-corrected chi connectivity index (χ4v) is 7.20. The molecule has 0 saturated carbocycles. The Morgan fingerprint density at radius 1 is 0.634 bits per heavy atom. The summed E-state index contributed by atoms with van der Waals surface area (Å²) < 4.78 is 47.5. The highest BCUT2D eigenvalue weighted by atomic mass is 32.2. The second-order valence-corrected chi connectivity index (χ2v) is 12.6. The van der Waals surface area contributed by atoms with E-state index in [9.17, 15) is 8.42 Å². The zero-order valence-corrected chi connectivity index (χ0v) is 24.1. The number of benzene rings is 4. The Morgan fingerprint density at radius 2 is 1.07 bits per heavy atom. The van der Waals surface area contributed by atoms with Crippen molar-refractivity contribution >= 4 is 9.84 Å². The van der Waals surface area contributed by atoms with Crippen molar-refractivity contribution in [2.45, 2.75) is 48.2 Å². The third kappa shape index (κ3) is 7.50. The molecule has 6 nitrogen and oxygen atoms in total. The van der Waals surface area contributed by atoms with E-state index in [0.717, 1.165) is 16.7 Å². The number of likely N-dealkylation sites (tertiary alicyclic amines) is 1. The zero-order valence-electron chi connectivity index (χ0n) is 23.3. The summed E-state index contributed by atoms with van der Waals surface area (Å²) in [6.45, 7) is 1.73. The van der Waals surface area contributed by atoms with E-state index in [1.807, 2.05) is 109 Å². The molecule has 0 radical (unpaired) electrons. The van der Waals surface area contributed by atoms with Crippen LogP contribution >= 0.6 is 0 Å². The molecule has 0 unspecified atom stereocenters. The number of likely N-dealkylation sites (N-methyl/N-ethyl adjacent to an activating group) is 1. The van der Waals surface area contributed by atoms with Gasteiger partial charge in [0.1, 0.15) is 17.5 Å². The van der Waals surface area contributed by atoms with Gasteiger partial charge in [0.15, 0.2) is 9.84 Å². The number of rotatable bonds is 12. The smallest absolute Gasteiger partial charge is 0.185 e. The van der Waals surface area contributed by atoms with E-state index in [1.165, 1.54) is 0 Å². The molecule has 4 aromatic rings. The maximum Gasteiger partial charge on any atom is 0.185 e. The number of hydrogen-bond donors (Lipinski definition) is 0. The normalized spacial score (nSPS) is 21.5. The van der Waals surface area contributed by atoms with Crippen molar-refractivity contribution in [2.75, 3.05) is 20.2 Å². The molecule has 1 heterocycles. The summed E-state index contributed by atoms with van der Waals surface area (Å²) >= 11 is 0. The zero-order chi connectivity index (χ0) is 28.5. The molecular formula is C34H37NO5S. The quantitative estimate of drug-likeness (QED) is 0.223. The molecule has 7 heteroatoms. The molecule has 1 saturated heterocycles. The van der Waals surface area contributed by atoms with Crippen LogP contribution in [-0.2, 0) is 43.9 Å². The maximum atomic E-state index is 14.1. The largest absolute Gasteiger partial charge is 0.375 e. The third-order valence-corrected chi connectivity index (χ3v) is 9.69. The van der Waals surface area contributed by atoms with Crippen molar-refractivity contribution < 1.29 is 22.6 Å². The van der Waals surface area contributed by atoms with E-state index in [0.29, 0.717) is 26.4 Å². The number of sulfone groups is 1. The van der Waals surface area contributed by atoms with Crippen LogP contribution in [0.25, 0.3) is 0 Å². The lowest BCUT2D eigenvalue weighted by Crippen LogP contribution is -2.64. The van der Waals surface area contributed by atoms with Gasteiger partial charge in [-0.3, -0.25) is 4.90 Å². The lowest BCUT2D eigenvalue weighted by Gasteiger charge is -2.47. The van der Waals surface area contributed by atoms with Gasteiger partial charge >= 0.3 is 0 Å². The summed E-state index contributed by atoms with van der Waals surface area (Å²) in [5, 5.41) is -0.829. The van der Waals surface area contributed by atoms with Gasteiger partial charge in [-0.15, -0.1) is 0 Å². The van der Waals surface area contributed by atoms with Crippen LogP contribution < -0.4 is 0 Å². The number of nitrogens with zero attached hydrogens (tertiary/aromatic N) is 1. The molecule has 0 amide bonds. The van der Waals surface area contributed by atoms with Crippen LogP contribution in [0.5, 0.6) is 0 Å². The van der Waals surface area contributed by atoms with Crippen LogP contribution in [0.4, 0.5) is 0 Å². The standard InChI is InChI=1S/C34H37NO5S/c1-35-22-32(41(36,37)30-20-12-5-13-21-30)34(40-25-29-18-10-4-11-19-29)33(39-24-28-16-8-3-9-17-28)31(35)26-38-23-27-14-6-2-7-15-27/h2-21,31-34H,22-26H2,1H3/t31-,32+,33+,34-/m0/s1. The first-order valence-corrected chi connectivity index (χ1v) is 15.5. The van der Waals surface area contributed by atoms with Crippen molar-refractivity contribution in [3.63, 3.8) is 0 Å². The summed E-state index contributed by atoms with van der Waals surface area (Å²) in [6, 6.07) is 38.2. The van der Waals surface area contributed by atoms with E-state index >= 15 is 0 Å². The fourth-order valence-electron chi connectivity index (χ4n) is 5.30. The minimum absolute atomic E-state index is 0.217. The molecule has 4 aromatic carbocycles. The number of hydrogen-bond acceptors (Lipinski definition) is 6. The highest BCUT2D eigenvalue weighted by Gasteiger charge is 2.49. The predicted octanol–water partition coefficient (Wildman–Crippen LogP) is 5.53. The van der Waals surface area contributed by atoms with Crippen molar-refractivity contribution in [1.82, 2.24) is 4.90 Å². The molecule has 0 N–H and O–H groups in total. The maximum absolute atomic E-state index is 14.1. The van der Waals surface area contributed by atoms with Crippen LogP contribution in [0.3, 0.4) is 0 Å². The molecule has 1 aliphatic heterocycles. The van der Waals surface area contributed by atoms with E-state index in [4.69, 9.17) is 14.2 Å². The molecule has 0 spiro atoms. The van der Waals surface area contributed by atoms with Crippen LogP contribution in [0.15, 0.2) is 126 Å². The van der Waals surface area contributed by atoms with Crippen LogP contribution in [0.2, 0.25) is 0 Å². The van der Waals surface area contributed by atoms with Crippen LogP contribution in [0.1, 0.15) is 16.7 Å². The van der Waals surface area contributed by atoms with E-state index in [1.54, 1.807) is 24.3 Å². The first-order chi connectivity index (χ1) is 20.0. The van der Waals surface area contributed by atoms with Gasteiger partial charge in [0, 0.05) is 6.54 Å². The molecule has 1 aliphatic rings. The van der Waals surface area contributed by atoms with Gasteiger partial charge in [-0.2, -0.15) is 0 Å². The minimum atomic E-state index is -3.74. The Kier molecular flexibility index (Phi) is 9.98. The molecule has 0 bridgehead atoms. The summed E-state index contributed by atoms with van der Waals surface area (Å²) in [4.78, 5) is 2.33. The van der Waals surface area contributed by atoms with Gasteiger partial charge in [-0.1, -0.05) is 109 Å². The monoisotopic (exact) mass is 571 g/mol. The summed E-state index contributed by atoms with van der Waals surface area (Å²) in [5.41, 5.74) is 3.06. The predicted molar refractivity (Wildman–Crippen MR) is 160 cm³/mol. The van der Waals surface area contributed by atoms with E-state index < -0.39 is 27.3 Å². The minimum Gasteiger partial charge on any atom is -0.375 e. The highest BCUT2D eigenvalue weighted by Crippen LogP contribution is 2.32. The van der Waals surface area contributed by atoms with Gasteiger partial charge in [0.05, 0.1) is 37.4 Å². The topological polar surface area (TPSA) is 65.1 Å². The number of piperidine rings is 1. The van der Waals surface area contributed by atoms with Crippen LogP contribution in [0, 0.1) is 0 Å². The third-order valence-electron chi connectivity index (χ3n) is 7.54. The van der Waals surface area contributed by atoms with Crippen molar-refractivity contribution in [1.29, 1.82) is 0 Å². The first-order valence-electron chi connectivity index (χ1n) is 13.9. The lowest BCUT2D eigenvalue weighted by atomic mass is 9.95. The second kappa shape index (κ2) is 14.0.